The minimum absolute atomic E-state index is 0.0202. The molecule has 0 aliphatic carbocycles. The van der Waals surface area contributed by atoms with Crippen LogP contribution in [-0.2, 0) is 16.0 Å². The zero-order valence-corrected chi connectivity index (χ0v) is 16.6. The number of aryl methyl sites for hydroxylation is 2. The summed E-state index contributed by atoms with van der Waals surface area (Å²) in [5, 5.41) is 10.6. The molecule has 4 rings (SSSR count). The van der Waals surface area contributed by atoms with E-state index >= 15 is 0 Å². The first-order valence-corrected chi connectivity index (χ1v) is 9.72. The number of halogens is 2. The number of aliphatic hydroxyl groups excluding tert-OH is 1. The Morgan fingerprint density at radius 3 is 2.52 bits per heavy atom. The van der Waals surface area contributed by atoms with E-state index in [0.717, 1.165) is 28.7 Å². The molecule has 7 heteroatoms. The molecule has 0 saturated carbocycles. The molecule has 0 fully saturated rings. The summed E-state index contributed by atoms with van der Waals surface area (Å²) in [5.74, 6) is -3.22. The van der Waals surface area contributed by atoms with Crippen LogP contribution in [0.15, 0.2) is 76.4 Å². The van der Waals surface area contributed by atoms with Gasteiger partial charge in [-0.2, -0.15) is 0 Å². The van der Waals surface area contributed by atoms with Crippen LogP contribution in [0, 0.1) is 18.6 Å². The number of aliphatic hydroxyl groups is 1. The molecule has 1 aliphatic rings. The van der Waals surface area contributed by atoms with Gasteiger partial charge in [-0.3, -0.25) is 14.5 Å². The van der Waals surface area contributed by atoms with Gasteiger partial charge in [0.15, 0.2) is 11.5 Å². The number of benzene rings is 2. The summed E-state index contributed by atoms with van der Waals surface area (Å²) in [5.41, 5.74) is 0.332. The Morgan fingerprint density at radius 1 is 1.10 bits per heavy atom. The molecule has 1 aliphatic heterocycles. The third-order valence-corrected chi connectivity index (χ3v) is 5.19. The first-order valence-electron chi connectivity index (χ1n) is 9.72. The van der Waals surface area contributed by atoms with Crippen molar-refractivity contribution in [1.82, 2.24) is 0 Å². The van der Waals surface area contributed by atoms with Crippen LogP contribution in [-0.4, -0.2) is 16.8 Å². The Kier molecular flexibility index (Phi) is 5.42. The maximum Gasteiger partial charge on any atom is 0.294 e. The fourth-order valence-corrected chi connectivity index (χ4v) is 3.72. The molecule has 31 heavy (non-hydrogen) atoms. The highest BCUT2D eigenvalue weighted by Gasteiger charge is 2.46. The van der Waals surface area contributed by atoms with Crippen molar-refractivity contribution in [2.75, 3.05) is 4.90 Å². The van der Waals surface area contributed by atoms with Gasteiger partial charge in [-0.05, 0) is 43.2 Å². The standard InChI is InChI=1S/C24H19F2NO4/c1-14-7-12-20(31-14)22-21(19(28)11-8-15-5-3-2-4-6-15)23(29)24(30)27(22)18-13-16(25)9-10-17(18)26/h2-7,9-10,12-13,22,29H,8,11H2,1H3. The van der Waals surface area contributed by atoms with Crippen LogP contribution >= 0.6 is 0 Å². The number of amides is 1. The van der Waals surface area contributed by atoms with Gasteiger partial charge in [0.25, 0.3) is 5.91 Å². The highest BCUT2D eigenvalue weighted by atomic mass is 19.1. The second-order valence-electron chi connectivity index (χ2n) is 7.29. The third kappa shape index (κ3) is 3.86. The van der Waals surface area contributed by atoms with Gasteiger partial charge in [-0.25, -0.2) is 8.78 Å². The van der Waals surface area contributed by atoms with Gasteiger partial charge in [0.05, 0.1) is 11.3 Å². The summed E-state index contributed by atoms with van der Waals surface area (Å²) in [6, 6.07) is 13.9. The van der Waals surface area contributed by atoms with E-state index in [9.17, 15) is 23.5 Å². The lowest BCUT2D eigenvalue weighted by atomic mass is 9.96. The summed E-state index contributed by atoms with van der Waals surface area (Å²) >= 11 is 0. The van der Waals surface area contributed by atoms with E-state index in [-0.39, 0.29) is 23.4 Å². The van der Waals surface area contributed by atoms with Gasteiger partial charge < -0.3 is 9.52 Å². The smallest absolute Gasteiger partial charge is 0.294 e. The summed E-state index contributed by atoms with van der Waals surface area (Å²) in [7, 11) is 0. The van der Waals surface area contributed by atoms with Gasteiger partial charge in [-0.1, -0.05) is 30.3 Å². The highest BCUT2D eigenvalue weighted by molar-refractivity contribution is 6.16. The molecular formula is C24H19F2NO4. The minimum atomic E-state index is -1.21. The van der Waals surface area contributed by atoms with Crippen molar-refractivity contribution in [2.45, 2.75) is 25.8 Å². The fourth-order valence-electron chi connectivity index (χ4n) is 3.72. The SMILES string of the molecule is Cc1ccc(C2C(C(=O)CCc3ccccc3)=C(O)C(=O)N2c2cc(F)ccc2F)o1. The van der Waals surface area contributed by atoms with Crippen molar-refractivity contribution in [3.05, 3.63) is 101 Å². The van der Waals surface area contributed by atoms with Crippen molar-refractivity contribution in [3.63, 3.8) is 0 Å². The topological polar surface area (TPSA) is 70.8 Å². The number of hydrogen-bond acceptors (Lipinski definition) is 4. The van der Waals surface area contributed by atoms with Crippen molar-refractivity contribution in [2.24, 2.45) is 0 Å². The quantitative estimate of drug-likeness (QED) is 0.608. The van der Waals surface area contributed by atoms with E-state index in [0.29, 0.717) is 12.2 Å². The van der Waals surface area contributed by atoms with E-state index < -0.39 is 35.1 Å². The van der Waals surface area contributed by atoms with E-state index in [1.807, 2.05) is 30.3 Å². The van der Waals surface area contributed by atoms with Crippen LogP contribution in [0.1, 0.15) is 29.5 Å². The summed E-state index contributed by atoms with van der Waals surface area (Å²) in [4.78, 5) is 26.8. The lowest BCUT2D eigenvalue weighted by Gasteiger charge is -2.25. The maximum absolute atomic E-state index is 14.5. The molecule has 1 atom stereocenters. The zero-order chi connectivity index (χ0) is 22.1. The number of anilines is 1. The number of carbonyl (C=O) groups excluding carboxylic acids is 2. The van der Waals surface area contributed by atoms with Crippen LogP contribution < -0.4 is 4.90 Å². The van der Waals surface area contributed by atoms with Crippen LogP contribution in [0.5, 0.6) is 0 Å². The molecule has 1 aromatic heterocycles. The molecule has 2 aromatic carbocycles. The average molecular weight is 423 g/mol. The molecule has 1 amide bonds. The van der Waals surface area contributed by atoms with Gasteiger partial charge in [-0.15, -0.1) is 0 Å². The van der Waals surface area contributed by atoms with Gasteiger partial charge in [0.2, 0.25) is 0 Å². The van der Waals surface area contributed by atoms with Gasteiger partial charge in [0.1, 0.15) is 29.2 Å². The normalized spacial score (nSPS) is 16.3. The number of ketones is 1. The van der Waals surface area contributed by atoms with E-state index in [2.05, 4.69) is 0 Å². The predicted octanol–water partition coefficient (Wildman–Crippen LogP) is 4.97. The zero-order valence-electron chi connectivity index (χ0n) is 16.6. The molecule has 0 radical (unpaired) electrons. The Labute approximate surface area is 177 Å². The summed E-state index contributed by atoms with van der Waals surface area (Å²) in [6.07, 6.45) is 0.412. The molecule has 158 valence electrons. The minimum Gasteiger partial charge on any atom is -0.503 e. The molecule has 1 N–H and O–H groups in total. The molecule has 3 aromatic rings. The number of rotatable bonds is 6. The monoisotopic (exact) mass is 423 g/mol. The number of hydrogen-bond donors (Lipinski definition) is 1. The summed E-state index contributed by atoms with van der Waals surface area (Å²) < 4.78 is 34.0. The Bertz CT molecular complexity index is 1180. The Balaban J connectivity index is 1.74. The van der Waals surface area contributed by atoms with Gasteiger partial charge >= 0.3 is 0 Å². The molecular weight excluding hydrogens is 404 g/mol. The van der Waals surface area contributed by atoms with Crippen LogP contribution in [0.4, 0.5) is 14.5 Å². The Morgan fingerprint density at radius 2 is 1.84 bits per heavy atom. The second kappa shape index (κ2) is 8.18. The number of carbonyl (C=O) groups is 2. The maximum atomic E-state index is 14.5. The van der Waals surface area contributed by atoms with Crippen LogP contribution in [0.2, 0.25) is 0 Å². The average Bonchev–Trinajstić information content (AvgIpc) is 3.30. The number of furan rings is 1. The highest BCUT2D eigenvalue weighted by Crippen LogP contribution is 2.42. The molecule has 0 spiro atoms. The predicted molar refractivity (Wildman–Crippen MR) is 109 cm³/mol. The van der Waals surface area contributed by atoms with Crippen LogP contribution in [0.25, 0.3) is 0 Å². The number of Topliss-reactive ketones (excluding diaryl/α,β-unsaturated/α-hetero) is 1. The van der Waals surface area contributed by atoms with Crippen molar-refractivity contribution >= 4 is 17.4 Å². The third-order valence-electron chi connectivity index (χ3n) is 5.19. The van der Waals surface area contributed by atoms with Crippen molar-refractivity contribution in [3.8, 4) is 0 Å². The van der Waals surface area contributed by atoms with Crippen molar-refractivity contribution in [1.29, 1.82) is 0 Å². The molecule has 0 saturated heterocycles. The number of nitrogens with zero attached hydrogens (tertiary/aromatic N) is 1. The summed E-state index contributed by atoms with van der Waals surface area (Å²) in [6.45, 7) is 1.67. The fraction of sp³-hybridized carbons (Fsp3) is 0.167. The largest absolute Gasteiger partial charge is 0.503 e. The first kappa shape index (κ1) is 20.5. The van der Waals surface area contributed by atoms with Crippen molar-refractivity contribution < 1.29 is 27.9 Å². The van der Waals surface area contributed by atoms with E-state index in [1.165, 1.54) is 0 Å². The van der Waals surface area contributed by atoms with E-state index in [1.54, 1.807) is 19.1 Å². The lowest BCUT2D eigenvalue weighted by Crippen LogP contribution is -2.31. The second-order valence-corrected chi connectivity index (χ2v) is 7.29. The van der Waals surface area contributed by atoms with E-state index in [4.69, 9.17) is 4.42 Å². The molecule has 1 unspecified atom stereocenters. The van der Waals surface area contributed by atoms with Crippen LogP contribution in [0.3, 0.4) is 0 Å². The lowest BCUT2D eigenvalue weighted by molar-refractivity contribution is -0.118. The molecule has 2 heterocycles. The Hall–Kier alpha value is -3.74. The first-order chi connectivity index (χ1) is 14.9. The molecule has 5 nitrogen and oxygen atoms in total. The van der Waals surface area contributed by atoms with Gasteiger partial charge in [0, 0.05) is 12.5 Å². The molecule has 0 bridgehead atoms.